The molecule has 6 heteroatoms. The van der Waals surface area contributed by atoms with Gasteiger partial charge in [-0.2, -0.15) is 4.98 Å². The number of hydrogen-bond donors (Lipinski definition) is 3. The molecular formula is C14H22N4OS. The summed E-state index contributed by atoms with van der Waals surface area (Å²) in [7, 11) is 0. The van der Waals surface area contributed by atoms with Crippen LogP contribution < -0.4 is 10.6 Å². The Balaban J connectivity index is 2.49. The van der Waals surface area contributed by atoms with Crippen molar-refractivity contribution in [3.63, 3.8) is 0 Å². The predicted molar refractivity (Wildman–Crippen MR) is 85.7 cm³/mol. The molecule has 2 aromatic rings. The maximum atomic E-state index is 9.87. The van der Waals surface area contributed by atoms with Gasteiger partial charge in [-0.25, -0.2) is 4.98 Å². The summed E-state index contributed by atoms with van der Waals surface area (Å²) in [6.07, 6.45) is -0.491. The Morgan fingerprint density at radius 2 is 2.10 bits per heavy atom. The zero-order chi connectivity index (χ0) is 14.9. The van der Waals surface area contributed by atoms with Crippen LogP contribution in [0.3, 0.4) is 0 Å². The topological polar surface area (TPSA) is 70.1 Å². The highest BCUT2D eigenvalue weighted by atomic mass is 32.1. The van der Waals surface area contributed by atoms with Crippen LogP contribution in [-0.2, 0) is 0 Å². The van der Waals surface area contributed by atoms with E-state index >= 15 is 0 Å². The van der Waals surface area contributed by atoms with Gasteiger partial charge in [-0.05, 0) is 40.7 Å². The lowest BCUT2D eigenvalue weighted by Gasteiger charge is -2.30. The third-order valence-corrected chi connectivity index (χ3v) is 4.28. The summed E-state index contributed by atoms with van der Waals surface area (Å²) < 4.78 is 0. The van der Waals surface area contributed by atoms with Gasteiger partial charge < -0.3 is 15.7 Å². The van der Waals surface area contributed by atoms with E-state index in [-0.39, 0.29) is 0 Å². The fourth-order valence-electron chi connectivity index (χ4n) is 1.78. The van der Waals surface area contributed by atoms with Gasteiger partial charge in [-0.15, -0.1) is 11.3 Å². The van der Waals surface area contributed by atoms with Gasteiger partial charge in [0, 0.05) is 11.4 Å². The monoisotopic (exact) mass is 294 g/mol. The average molecular weight is 294 g/mol. The minimum atomic E-state index is -0.491. The Morgan fingerprint density at radius 1 is 1.40 bits per heavy atom. The molecule has 0 saturated heterocycles. The standard InChI is InChI=1S/C14H22N4OS/c1-6-15-13-16-11(18-14(4,5)9(3)19)10-7-8(2)20-12(10)17-13/h7,9,19H,6H2,1-5H3,(H2,15,16,17,18). The van der Waals surface area contributed by atoms with Gasteiger partial charge >= 0.3 is 0 Å². The minimum absolute atomic E-state index is 0.458. The van der Waals surface area contributed by atoms with E-state index < -0.39 is 11.6 Å². The van der Waals surface area contributed by atoms with E-state index in [9.17, 15) is 5.11 Å². The number of aryl methyl sites for hydroxylation is 1. The molecule has 20 heavy (non-hydrogen) atoms. The van der Waals surface area contributed by atoms with Crippen molar-refractivity contribution in [1.82, 2.24) is 9.97 Å². The molecule has 2 aromatic heterocycles. The van der Waals surface area contributed by atoms with E-state index in [1.165, 1.54) is 4.88 Å². The maximum absolute atomic E-state index is 9.87. The lowest BCUT2D eigenvalue weighted by Crippen LogP contribution is -2.42. The quantitative estimate of drug-likeness (QED) is 0.791. The molecule has 1 atom stereocenters. The molecule has 0 aliphatic carbocycles. The van der Waals surface area contributed by atoms with Crippen molar-refractivity contribution in [2.45, 2.75) is 46.3 Å². The summed E-state index contributed by atoms with van der Waals surface area (Å²) in [6, 6.07) is 2.08. The van der Waals surface area contributed by atoms with Gasteiger partial charge in [0.15, 0.2) is 0 Å². The van der Waals surface area contributed by atoms with E-state index in [4.69, 9.17) is 0 Å². The first-order valence-electron chi connectivity index (χ1n) is 6.81. The fourth-order valence-corrected chi connectivity index (χ4v) is 2.66. The second-order valence-corrected chi connectivity index (χ2v) is 6.76. The van der Waals surface area contributed by atoms with Crippen LogP contribution >= 0.6 is 11.3 Å². The van der Waals surface area contributed by atoms with Crippen LogP contribution in [0.15, 0.2) is 6.07 Å². The summed E-state index contributed by atoms with van der Waals surface area (Å²) >= 11 is 1.65. The van der Waals surface area contributed by atoms with Gasteiger partial charge in [0.05, 0.1) is 17.0 Å². The normalized spacial score (nSPS) is 13.5. The lowest BCUT2D eigenvalue weighted by atomic mass is 9.99. The van der Waals surface area contributed by atoms with Crippen molar-refractivity contribution >= 4 is 33.3 Å². The average Bonchev–Trinajstić information content (AvgIpc) is 2.69. The molecule has 0 fully saturated rings. The van der Waals surface area contributed by atoms with Crippen molar-refractivity contribution in [2.75, 3.05) is 17.2 Å². The summed E-state index contributed by atoms with van der Waals surface area (Å²) in [5.74, 6) is 1.38. The zero-order valence-corrected chi connectivity index (χ0v) is 13.4. The van der Waals surface area contributed by atoms with Gasteiger partial charge in [0.1, 0.15) is 10.6 Å². The zero-order valence-electron chi connectivity index (χ0n) is 12.6. The molecule has 0 aliphatic rings. The van der Waals surface area contributed by atoms with Crippen LogP contribution in [0, 0.1) is 6.92 Å². The molecule has 0 spiro atoms. The minimum Gasteiger partial charge on any atom is -0.391 e. The molecule has 0 amide bonds. The molecule has 1 unspecified atom stereocenters. The Morgan fingerprint density at radius 3 is 2.70 bits per heavy atom. The van der Waals surface area contributed by atoms with Crippen LogP contribution in [0.1, 0.15) is 32.6 Å². The number of hydrogen-bond acceptors (Lipinski definition) is 6. The van der Waals surface area contributed by atoms with Crippen molar-refractivity contribution in [3.8, 4) is 0 Å². The highest BCUT2D eigenvalue weighted by Gasteiger charge is 2.25. The van der Waals surface area contributed by atoms with E-state index in [1.807, 2.05) is 20.8 Å². The van der Waals surface area contributed by atoms with Gasteiger partial charge in [0.2, 0.25) is 5.95 Å². The third-order valence-electron chi connectivity index (χ3n) is 3.34. The van der Waals surface area contributed by atoms with Crippen LogP contribution in [0.4, 0.5) is 11.8 Å². The van der Waals surface area contributed by atoms with Gasteiger partial charge in [-0.3, -0.25) is 0 Å². The highest BCUT2D eigenvalue weighted by Crippen LogP contribution is 2.31. The molecule has 2 rings (SSSR count). The lowest BCUT2D eigenvalue weighted by molar-refractivity contribution is 0.133. The van der Waals surface area contributed by atoms with Crippen molar-refractivity contribution < 1.29 is 5.11 Å². The first kappa shape index (κ1) is 15.0. The molecule has 0 aliphatic heterocycles. The number of aromatic nitrogens is 2. The molecular weight excluding hydrogens is 272 g/mol. The number of nitrogens with zero attached hydrogens (tertiary/aromatic N) is 2. The smallest absolute Gasteiger partial charge is 0.226 e. The maximum Gasteiger partial charge on any atom is 0.226 e. The summed E-state index contributed by atoms with van der Waals surface area (Å²) in [6.45, 7) is 10.5. The molecule has 0 bridgehead atoms. The van der Waals surface area contributed by atoms with Crippen molar-refractivity contribution in [3.05, 3.63) is 10.9 Å². The Kier molecular flexibility index (Phi) is 4.15. The summed E-state index contributed by atoms with van der Waals surface area (Å²) in [5, 5.41) is 17.4. The molecule has 3 N–H and O–H groups in total. The van der Waals surface area contributed by atoms with Crippen molar-refractivity contribution in [2.24, 2.45) is 0 Å². The van der Waals surface area contributed by atoms with E-state index in [0.29, 0.717) is 5.95 Å². The number of aliphatic hydroxyl groups is 1. The Labute approximate surface area is 123 Å². The Hall–Kier alpha value is -1.40. The Bertz CT molecular complexity index is 606. The number of aliphatic hydroxyl groups excluding tert-OH is 1. The second kappa shape index (κ2) is 5.54. The van der Waals surface area contributed by atoms with Crippen LogP contribution in [0.25, 0.3) is 10.2 Å². The van der Waals surface area contributed by atoms with Crippen LogP contribution in [-0.4, -0.2) is 33.3 Å². The van der Waals surface area contributed by atoms with E-state index in [1.54, 1.807) is 18.3 Å². The van der Waals surface area contributed by atoms with Gasteiger partial charge in [-0.1, -0.05) is 0 Å². The van der Waals surface area contributed by atoms with Crippen LogP contribution in [0.5, 0.6) is 0 Å². The first-order chi connectivity index (χ1) is 9.33. The predicted octanol–water partition coefficient (Wildman–Crippen LogP) is 3.00. The molecule has 0 radical (unpaired) electrons. The third kappa shape index (κ3) is 3.02. The van der Waals surface area contributed by atoms with Crippen LogP contribution in [0.2, 0.25) is 0 Å². The number of thiophene rings is 1. The summed E-state index contributed by atoms with van der Waals surface area (Å²) in [4.78, 5) is 11.2. The van der Waals surface area contributed by atoms with Gasteiger partial charge in [0.25, 0.3) is 0 Å². The van der Waals surface area contributed by atoms with E-state index in [0.717, 1.165) is 22.6 Å². The summed E-state index contributed by atoms with van der Waals surface area (Å²) in [5.41, 5.74) is -0.458. The first-order valence-corrected chi connectivity index (χ1v) is 7.63. The van der Waals surface area contributed by atoms with E-state index in [2.05, 4.69) is 33.6 Å². The largest absolute Gasteiger partial charge is 0.391 e. The molecule has 0 aromatic carbocycles. The number of rotatable bonds is 5. The molecule has 2 heterocycles. The fraction of sp³-hybridized carbons (Fsp3) is 0.571. The molecule has 110 valence electrons. The number of nitrogens with one attached hydrogen (secondary N) is 2. The SMILES string of the molecule is CCNc1nc(NC(C)(C)C(C)O)c2cc(C)sc2n1. The molecule has 0 saturated carbocycles. The molecule has 5 nitrogen and oxygen atoms in total. The number of fused-ring (bicyclic) bond motifs is 1. The second-order valence-electron chi connectivity index (χ2n) is 5.52. The highest BCUT2D eigenvalue weighted by molar-refractivity contribution is 7.18. The van der Waals surface area contributed by atoms with Crippen molar-refractivity contribution in [1.29, 1.82) is 0 Å². The number of anilines is 2.